The van der Waals surface area contributed by atoms with Gasteiger partial charge in [0.1, 0.15) is 5.75 Å². The van der Waals surface area contributed by atoms with Crippen LogP contribution in [-0.2, 0) is 9.84 Å². The summed E-state index contributed by atoms with van der Waals surface area (Å²) in [6.07, 6.45) is 1.94. The second-order valence-electron chi connectivity index (χ2n) is 5.83. The van der Waals surface area contributed by atoms with Crippen molar-refractivity contribution in [2.45, 2.75) is 37.6 Å². The Morgan fingerprint density at radius 2 is 2.32 bits per heavy atom. The molecule has 0 bridgehead atoms. The molecule has 3 N–H and O–H groups in total. The number of nitrogens with zero attached hydrogens (tertiary/aromatic N) is 1. The fourth-order valence-electron chi connectivity index (χ4n) is 3.06. The van der Waals surface area contributed by atoms with E-state index in [0.29, 0.717) is 6.54 Å². The standard InChI is InChI=1S/C17H27N3O4S/c1-4-20-8-6-7-12(20)11-19-17(21)13-9-16(25(22,23)5-2)14(18)10-15(13)24-3/h9-10,12H,4-8,11,18H2,1-3H3,(H,19,21)/i2D3,5D2. The van der Waals surface area contributed by atoms with Crippen LogP contribution in [0.1, 0.15) is 43.8 Å². The van der Waals surface area contributed by atoms with Crippen LogP contribution >= 0.6 is 0 Å². The molecule has 1 aliphatic heterocycles. The minimum atomic E-state index is -5.05. The molecule has 0 spiro atoms. The number of nitrogens with two attached hydrogens (primary N) is 1. The summed E-state index contributed by atoms with van der Waals surface area (Å²) >= 11 is 0. The van der Waals surface area contributed by atoms with Crippen LogP contribution in [0.3, 0.4) is 0 Å². The number of methoxy groups -OCH3 is 1. The summed E-state index contributed by atoms with van der Waals surface area (Å²) in [6, 6.07) is 2.10. The van der Waals surface area contributed by atoms with Gasteiger partial charge in [-0.05, 0) is 32.0 Å². The second-order valence-corrected chi connectivity index (χ2v) is 7.48. The number of anilines is 1. The lowest BCUT2D eigenvalue weighted by Gasteiger charge is -2.23. The molecule has 7 nitrogen and oxygen atoms in total. The Balaban J connectivity index is 2.40. The van der Waals surface area contributed by atoms with E-state index in [9.17, 15) is 13.2 Å². The van der Waals surface area contributed by atoms with Crippen LogP contribution in [0.4, 0.5) is 5.69 Å². The number of hydrogen-bond acceptors (Lipinski definition) is 6. The smallest absolute Gasteiger partial charge is 0.255 e. The first-order valence-corrected chi connectivity index (χ1v) is 9.50. The van der Waals surface area contributed by atoms with Gasteiger partial charge in [-0.15, -0.1) is 0 Å². The van der Waals surface area contributed by atoms with E-state index < -0.39 is 38.9 Å². The largest absolute Gasteiger partial charge is 0.496 e. The third kappa shape index (κ3) is 4.24. The number of likely N-dealkylation sites (N-methyl/N-ethyl adjacent to an activating group) is 1. The third-order valence-electron chi connectivity index (χ3n) is 4.40. The third-order valence-corrected chi connectivity index (χ3v) is 5.61. The molecule has 8 heteroatoms. The molecule has 0 aliphatic carbocycles. The lowest BCUT2D eigenvalue weighted by atomic mass is 10.1. The maximum atomic E-state index is 12.8. The minimum absolute atomic E-state index is 0.00263. The lowest BCUT2D eigenvalue weighted by Crippen LogP contribution is -2.40. The van der Waals surface area contributed by atoms with Crippen LogP contribution in [0, 0.1) is 0 Å². The molecule has 2 rings (SSSR count). The van der Waals surface area contributed by atoms with Gasteiger partial charge in [0, 0.05) is 25.5 Å². The maximum absolute atomic E-state index is 12.8. The van der Waals surface area contributed by atoms with Gasteiger partial charge in [0.15, 0.2) is 9.84 Å². The van der Waals surface area contributed by atoms with Crippen molar-refractivity contribution < 1.29 is 24.8 Å². The first-order valence-electron chi connectivity index (χ1n) is 10.5. The summed E-state index contributed by atoms with van der Waals surface area (Å²) in [5, 5.41) is 2.75. The van der Waals surface area contributed by atoms with Crippen molar-refractivity contribution in [3.8, 4) is 5.75 Å². The number of carbonyl (C=O) groups excluding carboxylic acids is 1. The SMILES string of the molecule is [2H]C([2H])([2H])C([2H])([2H])S(=O)(=O)c1cc(C(=O)NCC2CCCN2CC)c(OC)cc1N. The fourth-order valence-corrected chi connectivity index (χ4v) is 3.81. The van der Waals surface area contributed by atoms with E-state index in [4.69, 9.17) is 17.3 Å². The van der Waals surface area contributed by atoms with Crippen molar-refractivity contribution in [2.75, 3.05) is 38.2 Å². The van der Waals surface area contributed by atoms with Crippen molar-refractivity contribution in [3.05, 3.63) is 17.7 Å². The Morgan fingerprint density at radius 3 is 2.96 bits per heavy atom. The second kappa shape index (κ2) is 8.05. The van der Waals surface area contributed by atoms with Crippen molar-refractivity contribution in [1.29, 1.82) is 0 Å². The van der Waals surface area contributed by atoms with E-state index in [2.05, 4.69) is 10.2 Å². The number of hydrogen-bond donors (Lipinski definition) is 2. The average Bonchev–Trinajstić information content (AvgIpc) is 3.12. The highest BCUT2D eigenvalue weighted by Crippen LogP contribution is 2.29. The Bertz CT molecular complexity index is 905. The minimum Gasteiger partial charge on any atom is -0.496 e. The summed E-state index contributed by atoms with van der Waals surface area (Å²) in [7, 11) is -3.77. The number of likely N-dealkylation sites (tertiary alicyclic amines) is 1. The van der Waals surface area contributed by atoms with Crippen LogP contribution in [0.15, 0.2) is 17.0 Å². The van der Waals surface area contributed by atoms with E-state index in [1.165, 1.54) is 7.11 Å². The summed E-state index contributed by atoms with van der Waals surface area (Å²) in [5.41, 5.74) is 1.57. The van der Waals surface area contributed by atoms with Crippen molar-refractivity contribution >= 4 is 21.4 Å². The molecule has 1 atom stereocenters. The molecule has 1 fully saturated rings. The van der Waals surface area contributed by atoms with Crippen LogP contribution in [0.5, 0.6) is 5.75 Å². The number of nitrogens with one attached hydrogen (secondary N) is 1. The van der Waals surface area contributed by atoms with Crippen LogP contribution in [0.2, 0.25) is 0 Å². The van der Waals surface area contributed by atoms with E-state index in [1.807, 2.05) is 6.92 Å². The number of rotatable bonds is 7. The van der Waals surface area contributed by atoms with Crippen molar-refractivity contribution in [3.63, 3.8) is 0 Å². The summed E-state index contributed by atoms with van der Waals surface area (Å²) in [5.74, 6) is -0.627. The number of nitrogen functional groups attached to an aromatic ring is 1. The molecule has 1 aromatic carbocycles. The maximum Gasteiger partial charge on any atom is 0.255 e. The molecule has 0 aromatic heterocycles. The van der Waals surface area contributed by atoms with Crippen LogP contribution in [-0.4, -0.2) is 57.7 Å². The predicted molar refractivity (Wildman–Crippen MR) is 97.7 cm³/mol. The monoisotopic (exact) mass is 374 g/mol. The molecule has 0 radical (unpaired) electrons. The highest BCUT2D eigenvalue weighted by Gasteiger charge is 2.25. The van der Waals surface area contributed by atoms with Gasteiger partial charge in [-0.2, -0.15) is 0 Å². The predicted octanol–water partition coefficient (Wildman–Crippen LogP) is 1.29. The fraction of sp³-hybridized carbons (Fsp3) is 0.588. The first-order chi connectivity index (χ1) is 13.8. The lowest BCUT2D eigenvalue weighted by molar-refractivity contribution is 0.0938. The zero-order valence-electron chi connectivity index (χ0n) is 19.3. The molecule has 1 amide bonds. The molecular formula is C17H27N3O4S. The summed E-state index contributed by atoms with van der Waals surface area (Å²) in [6.45, 7) is 0.706. The molecule has 1 heterocycles. The Morgan fingerprint density at radius 1 is 1.56 bits per heavy atom. The van der Waals surface area contributed by atoms with Gasteiger partial charge < -0.3 is 15.8 Å². The van der Waals surface area contributed by atoms with Crippen LogP contribution < -0.4 is 15.8 Å². The quantitative estimate of drug-likeness (QED) is 0.697. The van der Waals surface area contributed by atoms with Gasteiger partial charge in [0.05, 0.1) is 29.0 Å². The number of ether oxygens (including phenoxy) is 1. The van der Waals surface area contributed by atoms with Crippen LogP contribution in [0.25, 0.3) is 0 Å². The number of carbonyl (C=O) groups is 1. The molecular weight excluding hydrogens is 342 g/mol. The van der Waals surface area contributed by atoms with Gasteiger partial charge in [-0.3, -0.25) is 9.69 Å². The zero-order valence-corrected chi connectivity index (χ0v) is 15.1. The summed E-state index contributed by atoms with van der Waals surface area (Å²) in [4.78, 5) is 14.2. The van der Waals surface area contributed by atoms with Gasteiger partial charge in [-0.25, -0.2) is 8.42 Å². The Labute approximate surface area is 156 Å². The molecule has 1 aromatic rings. The molecule has 1 aliphatic rings. The van der Waals surface area contributed by atoms with Gasteiger partial charge in [-0.1, -0.05) is 13.8 Å². The van der Waals surface area contributed by atoms with E-state index in [1.54, 1.807) is 0 Å². The van der Waals surface area contributed by atoms with E-state index in [0.717, 1.165) is 38.1 Å². The Hall–Kier alpha value is -1.80. The molecule has 1 unspecified atom stereocenters. The molecule has 0 saturated carbocycles. The first kappa shape index (κ1) is 13.4. The molecule has 25 heavy (non-hydrogen) atoms. The van der Waals surface area contributed by atoms with Crippen molar-refractivity contribution in [1.82, 2.24) is 10.2 Å². The molecule has 1 saturated heterocycles. The van der Waals surface area contributed by atoms with Gasteiger partial charge in [0.2, 0.25) is 0 Å². The average molecular weight is 375 g/mol. The topological polar surface area (TPSA) is 102 Å². The Kier molecular flexibility index (Phi) is 4.32. The van der Waals surface area contributed by atoms with E-state index >= 15 is 0 Å². The molecule has 140 valence electrons. The van der Waals surface area contributed by atoms with Gasteiger partial charge >= 0.3 is 0 Å². The highest BCUT2D eigenvalue weighted by molar-refractivity contribution is 7.91. The van der Waals surface area contributed by atoms with Gasteiger partial charge in [0.25, 0.3) is 5.91 Å². The summed E-state index contributed by atoms with van der Waals surface area (Å²) < 4.78 is 67.7. The number of amides is 1. The highest BCUT2D eigenvalue weighted by atomic mass is 32.2. The number of sulfone groups is 1. The number of benzene rings is 1. The van der Waals surface area contributed by atoms with Crippen molar-refractivity contribution in [2.24, 2.45) is 0 Å². The van der Waals surface area contributed by atoms with E-state index in [-0.39, 0.29) is 17.4 Å². The normalized spacial score (nSPS) is 22.3. The zero-order chi connectivity index (χ0) is 22.9.